The Morgan fingerprint density at radius 1 is 1.04 bits per heavy atom. The Labute approximate surface area is 157 Å². The fourth-order valence-corrected chi connectivity index (χ4v) is 4.50. The highest BCUT2D eigenvalue weighted by atomic mass is 16.2. The first-order valence-corrected chi connectivity index (χ1v) is 9.58. The lowest BCUT2D eigenvalue weighted by molar-refractivity contribution is -0.110. The predicted octanol–water partition coefficient (Wildman–Crippen LogP) is 2.26. The van der Waals surface area contributed by atoms with E-state index in [0.29, 0.717) is 23.6 Å². The van der Waals surface area contributed by atoms with Crippen molar-refractivity contribution in [3.8, 4) is 0 Å². The van der Waals surface area contributed by atoms with Crippen LogP contribution in [0.1, 0.15) is 51.5 Å². The number of amides is 2. The number of hydrogen-bond acceptors (Lipinski definition) is 3. The molecule has 0 radical (unpaired) electrons. The van der Waals surface area contributed by atoms with Crippen molar-refractivity contribution in [1.82, 2.24) is 15.6 Å². The monoisotopic (exact) mass is 362 g/mol. The molecular weight excluding hydrogens is 340 g/mol. The van der Waals surface area contributed by atoms with Crippen molar-refractivity contribution in [2.24, 2.45) is 0 Å². The van der Waals surface area contributed by atoms with Crippen molar-refractivity contribution in [2.45, 2.75) is 25.2 Å². The highest BCUT2D eigenvalue weighted by Gasteiger charge is 2.31. The van der Waals surface area contributed by atoms with Crippen LogP contribution in [0.15, 0.2) is 24.4 Å². The number of rotatable bonds is 2. The normalized spacial score (nSPS) is 21.0. The van der Waals surface area contributed by atoms with Crippen LogP contribution in [0.2, 0.25) is 0 Å². The lowest BCUT2D eigenvalue weighted by Gasteiger charge is -2.25. The fraction of sp³-hybridized carbons (Fsp3) is 0.333. The Morgan fingerprint density at radius 2 is 1.89 bits per heavy atom. The smallest absolute Gasteiger partial charge is 0.256 e. The van der Waals surface area contributed by atoms with Crippen molar-refractivity contribution in [3.05, 3.63) is 52.3 Å². The van der Waals surface area contributed by atoms with E-state index in [0.717, 1.165) is 54.9 Å². The van der Waals surface area contributed by atoms with Crippen molar-refractivity contribution >= 4 is 29.2 Å². The SMILES string of the molecule is O=C1Nc2cccc(C3CCNCC3)c2/C1=C/c1[nH]cc2c1CCNC2=O. The summed E-state index contributed by atoms with van der Waals surface area (Å²) in [6.45, 7) is 2.64. The van der Waals surface area contributed by atoms with Crippen LogP contribution < -0.4 is 16.0 Å². The summed E-state index contributed by atoms with van der Waals surface area (Å²) >= 11 is 0. The number of anilines is 1. The summed E-state index contributed by atoms with van der Waals surface area (Å²) in [6, 6.07) is 6.15. The molecule has 3 aliphatic heterocycles. The molecule has 6 heteroatoms. The molecule has 1 fully saturated rings. The summed E-state index contributed by atoms with van der Waals surface area (Å²) in [4.78, 5) is 28.0. The number of aromatic nitrogens is 1. The first kappa shape index (κ1) is 16.3. The van der Waals surface area contributed by atoms with E-state index in [4.69, 9.17) is 0 Å². The van der Waals surface area contributed by atoms with Gasteiger partial charge in [0.05, 0.1) is 11.1 Å². The van der Waals surface area contributed by atoms with Crippen LogP contribution in [-0.4, -0.2) is 36.4 Å². The molecule has 138 valence electrons. The minimum atomic E-state index is -0.0741. The molecule has 3 aliphatic rings. The number of hydrogen-bond donors (Lipinski definition) is 4. The van der Waals surface area contributed by atoms with Gasteiger partial charge in [0.2, 0.25) is 0 Å². The van der Waals surface area contributed by atoms with Gasteiger partial charge in [0.25, 0.3) is 11.8 Å². The van der Waals surface area contributed by atoms with E-state index in [1.165, 1.54) is 5.56 Å². The van der Waals surface area contributed by atoms with Gasteiger partial charge in [-0.2, -0.15) is 0 Å². The number of aromatic amines is 1. The quantitative estimate of drug-likeness (QED) is 0.618. The van der Waals surface area contributed by atoms with Crippen LogP contribution in [0.4, 0.5) is 5.69 Å². The van der Waals surface area contributed by atoms with E-state index < -0.39 is 0 Å². The number of piperidine rings is 1. The molecule has 0 spiro atoms. The van der Waals surface area contributed by atoms with Gasteiger partial charge >= 0.3 is 0 Å². The van der Waals surface area contributed by atoms with Gasteiger partial charge in [0.15, 0.2) is 0 Å². The molecule has 1 aromatic carbocycles. The molecule has 4 N–H and O–H groups in total. The van der Waals surface area contributed by atoms with Crippen molar-refractivity contribution in [1.29, 1.82) is 0 Å². The third-order valence-corrected chi connectivity index (χ3v) is 5.85. The Kier molecular flexibility index (Phi) is 3.86. The minimum Gasteiger partial charge on any atom is -0.361 e. The molecule has 0 unspecified atom stereocenters. The van der Waals surface area contributed by atoms with E-state index in [-0.39, 0.29) is 11.8 Å². The van der Waals surface area contributed by atoms with Crippen LogP contribution in [0.5, 0.6) is 0 Å². The van der Waals surface area contributed by atoms with Crippen molar-refractivity contribution in [2.75, 3.05) is 25.0 Å². The Bertz CT molecular complexity index is 967. The molecule has 2 amide bonds. The van der Waals surface area contributed by atoms with E-state index >= 15 is 0 Å². The second kappa shape index (κ2) is 6.39. The summed E-state index contributed by atoms with van der Waals surface area (Å²) in [6.07, 6.45) is 6.59. The molecule has 6 nitrogen and oxygen atoms in total. The van der Waals surface area contributed by atoms with Crippen LogP contribution in [-0.2, 0) is 11.2 Å². The molecule has 0 saturated carbocycles. The second-order valence-electron chi connectivity index (χ2n) is 7.41. The average molecular weight is 362 g/mol. The second-order valence-corrected chi connectivity index (χ2v) is 7.41. The zero-order valence-electron chi connectivity index (χ0n) is 15.0. The van der Waals surface area contributed by atoms with Gasteiger partial charge < -0.3 is 20.9 Å². The largest absolute Gasteiger partial charge is 0.361 e. The third-order valence-electron chi connectivity index (χ3n) is 5.85. The van der Waals surface area contributed by atoms with Gasteiger partial charge in [0, 0.05) is 29.7 Å². The lowest BCUT2D eigenvalue weighted by atomic mass is 9.85. The van der Waals surface area contributed by atoms with E-state index in [2.05, 4.69) is 27.0 Å². The molecule has 1 saturated heterocycles. The molecule has 0 bridgehead atoms. The molecule has 0 atom stereocenters. The van der Waals surface area contributed by atoms with Crippen LogP contribution in [0.25, 0.3) is 11.6 Å². The number of carbonyl (C=O) groups excluding carboxylic acids is 2. The standard InChI is InChI=1S/C21H22N4O2/c26-20-16-11-24-18(14(16)6-9-23-20)10-15-19-13(12-4-7-22-8-5-12)2-1-3-17(19)25-21(15)27/h1-3,10-12,22,24H,4-9H2,(H,23,26)(H,25,27)/b15-10-. The molecule has 4 heterocycles. The molecule has 27 heavy (non-hydrogen) atoms. The molecule has 0 aliphatic carbocycles. The van der Waals surface area contributed by atoms with Crippen LogP contribution in [0.3, 0.4) is 0 Å². The van der Waals surface area contributed by atoms with Crippen molar-refractivity contribution in [3.63, 3.8) is 0 Å². The van der Waals surface area contributed by atoms with Crippen LogP contribution >= 0.6 is 0 Å². The number of nitrogens with one attached hydrogen (secondary N) is 4. The molecule has 1 aromatic heterocycles. The molecular formula is C21H22N4O2. The summed E-state index contributed by atoms with van der Waals surface area (Å²) in [7, 11) is 0. The van der Waals surface area contributed by atoms with Crippen LogP contribution in [0, 0.1) is 0 Å². The minimum absolute atomic E-state index is 0.0520. The highest BCUT2D eigenvalue weighted by molar-refractivity contribution is 6.35. The van der Waals surface area contributed by atoms with Gasteiger partial charge in [0.1, 0.15) is 0 Å². The highest BCUT2D eigenvalue weighted by Crippen LogP contribution is 2.41. The Balaban J connectivity index is 1.61. The average Bonchev–Trinajstić information content (AvgIpc) is 3.25. The third kappa shape index (κ3) is 2.68. The number of carbonyl (C=O) groups is 2. The summed E-state index contributed by atoms with van der Waals surface area (Å²) < 4.78 is 0. The maximum atomic E-state index is 12.7. The summed E-state index contributed by atoms with van der Waals surface area (Å²) in [5.41, 5.74) is 6.38. The number of H-pyrrole nitrogens is 1. The van der Waals surface area contributed by atoms with E-state index in [9.17, 15) is 9.59 Å². The Morgan fingerprint density at radius 3 is 2.74 bits per heavy atom. The number of fused-ring (bicyclic) bond motifs is 2. The summed E-state index contributed by atoms with van der Waals surface area (Å²) in [5, 5.41) is 9.28. The van der Waals surface area contributed by atoms with Gasteiger partial charge in [-0.05, 0) is 61.5 Å². The predicted molar refractivity (Wildman–Crippen MR) is 105 cm³/mol. The Hall–Kier alpha value is -2.86. The zero-order chi connectivity index (χ0) is 18.4. The lowest BCUT2D eigenvalue weighted by Crippen LogP contribution is -2.31. The maximum absolute atomic E-state index is 12.7. The first-order chi connectivity index (χ1) is 13.2. The van der Waals surface area contributed by atoms with Crippen molar-refractivity contribution < 1.29 is 9.59 Å². The molecule has 2 aromatic rings. The van der Waals surface area contributed by atoms with Gasteiger partial charge in [-0.1, -0.05) is 12.1 Å². The maximum Gasteiger partial charge on any atom is 0.256 e. The topological polar surface area (TPSA) is 86.0 Å². The number of benzene rings is 1. The summed E-state index contributed by atoms with van der Waals surface area (Å²) in [5.74, 6) is 0.333. The zero-order valence-corrected chi connectivity index (χ0v) is 15.0. The fourth-order valence-electron chi connectivity index (χ4n) is 4.50. The first-order valence-electron chi connectivity index (χ1n) is 9.58. The van der Waals surface area contributed by atoms with Gasteiger partial charge in [-0.15, -0.1) is 0 Å². The van der Waals surface area contributed by atoms with E-state index in [1.54, 1.807) is 6.20 Å². The molecule has 5 rings (SSSR count). The van der Waals surface area contributed by atoms with Gasteiger partial charge in [-0.3, -0.25) is 9.59 Å². The van der Waals surface area contributed by atoms with Gasteiger partial charge in [-0.25, -0.2) is 0 Å². The van der Waals surface area contributed by atoms with E-state index in [1.807, 2.05) is 18.2 Å².